The Morgan fingerprint density at radius 3 is 1.73 bits per heavy atom. The molecule has 0 aromatic carbocycles. The van der Waals surface area contributed by atoms with E-state index in [-0.39, 0.29) is 12.8 Å². The number of rotatable bonds is 27. The van der Waals surface area contributed by atoms with Crippen LogP contribution in [0, 0.1) is 6.92 Å². The van der Waals surface area contributed by atoms with Crippen LogP contribution >= 0.6 is 39.7 Å². The van der Waals surface area contributed by atoms with Crippen LogP contribution in [0.25, 0.3) is 0 Å². The van der Waals surface area contributed by atoms with Gasteiger partial charge in [0.2, 0.25) is 0 Å². The zero-order chi connectivity index (χ0) is 36.1. The van der Waals surface area contributed by atoms with E-state index in [4.69, 9.17) is 18.5 Å². The van der Waals surface area contributed by atoms with Crippen molar-refractivity contribution in [2.75, 3.05) is 13.2 Å². The van der Waals surface area contributed by atoms with Crippen LogP contribution in [0.2, 0.25) is 0 Å². The van der Waals surface area contributed by atoms with Crippen LogP contribution in [0.4, 0.5) is 0 Å². The van der Waals surface area contributed by atoms with Crippen molar-refractivity contribution in [3.8, 4) is 0 Å². The largest absolute Gasteiger partial charge is 0.472 e. The van der Waals surface area contributed by atoms with Gasteiger partial charge in [-0.3, -0.25) is 18.6 Å². The average molecular weight is 842 g/mol. The number of halogens is 2. The van der Waals surface area contributed by atoms with Gasteiger partial charge in [-0.15, -0.1) is 0 Å². The number of ether oxygens (including phenoxy) is 2. The molecule has 1 saturated carbocycles. The first-order chi connectivity index (χ1) is 22.7. The number of carbonyl (C=O) groups is 2. The minimum absolute atomic E-state index is 0.00500. The molecule has 0 spiro atoms. The van der Waals surface area contributed by atoms with E-state index in [1.807, 2.05) is 0 Å². The van der Waals surface area contributed by atoms with Gasteiger partial charge in [-0.05, 0) is 19.3 Å². The molecule has 48 heavy (non-hydrogen) atoms. The van der Waals surface area contributed by atoms with E-state index in [0.717, 1.165) is 38.5 Å². The Kier molecular flexibility index (Phi) is 24.6. The summed E-state index contributed by atoms with van der Waals surface area (Å²) in [6.07, 6.45) is 2.30. The van der Waals surface area contributed by atoms with E-state index in [2.05, 4.69) is 45.7 Å². The van der Waals surface area contributed by atoms with Crippen molar-refractivity contribution in [3.63, 3.8) is 0 Å². The monoisotopic (exact) mass is 839 g/mol. The molecule has 6 N–H and O–H groups in total. The normalized spacial score (nSPS) is 26.0. The van der Waals surface area contributed by atoms with Gasteiger partial charge in [0, 0.05) is 22.5 Å². The van der Waals surface area contributed by atoms with E-state index in [1.54, 1.807) is 0 Å². The van der Waals surface area contributed by atoms with Crippen LogP contribution in [0.15, 0.2) is 0 Å². The number of carbonyl (C=O) groups excluding carboxylic acids is 2. The second-order valence-corrected chi connectivity index (χ2v) is 16.2. The third-order valence-electron chi connectivity index (χ3n) is 8.20. The number of aliphatic hydroxyl groups excluding tert-OH is 5. The second-order valence-electron chi connectivity index (χ2n) is 12.4. The standard InChI is InChI=1S/C32H58Br2O13P/c1-3-5-7-8-10-13-16-23(33)24(34)17-14-11-9-12-15-19-25(35)44-20-22(46-26(36)18-6-4-2)21-45-48(42,43)47-32-30(40)28(38)27(37)29(39)31(32)41/h22-24,27-32,37-41H,2-21H2,1H3,(H,42,43)/q-1/t22-,23+,24+,27?,28-,29+,30+,31+,32?/m0/s1. The zero-order valence-electron chi connectivity index (χ0n) is 28.1. The Morgan fingerprint density at radius 2 is 1.19 bits per heavy atom. The number of phosphoric acid groups is 1. The fraction of sp³-hybridized carbons (Fsp3) is 0.906. The number of hydrogen-bond donors (Lipinski definition) is 6. The predicted molar refractivity (Wildman–Crippen MR) is 186 cm³/mol. The van der Waals surface area contributed by atoms with Crippen molar-refractivity contribution in [1.82, 2.24) is 0 Å². The Morgan fingerprint density at radius 1 is 0.708 bits per heavy atom. The zero-order valence-corrected chi connectivity index (χ0v) is 32.1. The minimum atomic E-state index is -5.10. The van der Waals surface area contributed by atoms with Crippen LogP contribution in [-0.4, -0.2) is 108 Å². The van der Waals surface area contributed by atoms with Crippen molar-refractivity contribution in [2.45, 2.75) is 168 Å². The lowest BCUT2D eigenvalue weighted by molar-refractivity contribution is -0.220. The van der Waals surface area contributed by atoms with E-state index in [9.17, 15) is 44.6 Å². The van der Waals surface area contributed by atoms with Crippen LogP contribution in [0.3, 0.4) is 0 Å². The molecule has 0 heterocycles. The summed E-state index contributed by atoms with van der Waals surface area (Å²) in [5.74, 6) is -1.21. The number of phosphoric ester groups is 1. The number of unbranched alkanes of at least 4 members (excludes halogenated alkanes) is 10. The SMILES string of the molecule is [CH2-]CCCC(=O)O[C@@H](COC(=O)CCCCCCC[C@@H](Br)[C@H](Br)CCCCCCCC)COP(=O)(O)OC1[C@H](O)[C@H](O)C(O)[C@H](O)[C@H]1O. The molecule has 10 atom stereocenters. The van der Waals surface area contributed by atoms with E-state index >= 15 is 0 Å². The maximum atomic E-state index is 12.6. The first-order valence-electron chi connectivity index (χ1n) is 17.2. The first kappa shape index (κ1) is 45.8. The maximum Gasteiger partial charge on any atom is 0.472 e. The van der Waals surface area contributed by atoms with Crippen molar-refractivity contribution < 1.29 is 63.1 Å². The summed E-state index contributed by atoms with van der Waals surface area (Å²) in [4.78, 5) is 35.6. The Labute approximate surface area is 302 Å². The number of aliphatic hydroxyl groups is 5. The van der Waals surface area contributed by atoms with Gasteiger partial charge in [0.1, 0.15) is 43.2 Å². The highest BCUT2D eigenvalue weighted by molar-refractivity contribution is 9.12. The highest BCUT2D eigenvalue weighted by Gasteiger charge is 2.51. The van der Waals surface area contributed by atoms with Gasteiger partial charge < -0.3 is 46.8 Å². The summed E-state index contributed by atoms with van der Waals surface area (Å²) in [6, 6.07) is 0. The predicted octanol–water partition coefficient (Wildman–Crippen LogP) is 4.77. The average Bonchev–Trinajstić information content (AvgIpc) is 3.05. The molecule has 0 aliphatic heterocycles. The molecule has 284 valence electrons. The topological polar surface area (TPSA) is 210 Å². The second kappa shape index (κ2) is 25.7. The lowest BCUT2D eigenvalue weighted by Gasteiger charge is -2.41. The van der Waals surface area contributed by atoms with Gasteiger partial charge in [0.25, 0.3) is 0 Å². The third kappa shape index (κ3) is 18.9. The van der Waals surface area contributed by atoms with Crippen molar-refractivity contribution in [3.05, 3.63) is 6.92 Å². The number of esters is 2. The fourth-order valence-electron chi connectivity index (χ4n) is 5.19. The Bertz CT molecular complexity index is 916. The van der Waals surface area contributed by atoms with Gasteiger partial charge in [0.15, 0.2) is 6.10 Å². The molecule has 0 aromatic heterocycles. The summed E-state index contributed by atoms with van der Waals surface area (Å²) in [7, 11) is -5.10. The summed E-state index contributed by atoms with van der Waals surface area (Å²) < 4.78 is 32.7. The highest BCUT2D eigenvalue weighted by Crippen LogP contribution is 2.47. The number of hydrogen-bond acceptors (Lipinski definition) is 12. The lowest BCUT2D eigenvalue weighted by atomic mass is 9.85. The molecule has 0 aromatic rings. The number of alkyl halides is 2. The summed E-state index contributed by atoms with van der Waals surface area (Å²) in [5, 5.41) is 49.5. The van der Waals surface area contributed by atoms with Gasteiger partial charge in [-0.25, -0.2) is 4.57 Å². The van der Waals surface area contributed by atoms with Gasteiger partial charge in [-0.1, -0.05) is 109 Å². The highest BCUT2D eigenvalue weighted by atomic mass is 79.9. The molecule has 1 aliphatic carbocycles. The van der Waals surface area contributed by atoms with E-state index in [1.165, 1.54) is 38.5 Å². The molecule has 1 rings (SSSR count). The Balaban J connectivity index is 2.43. The smallest absolute Gasteiger partial charge is 0.462 e. The molecule has 0 radical (unpaired) electrons. The van der Waals surface area contributed by atoms with Crippen LogP contribution < -0.4 is 0 Å². The van der Waals surface area contributed by atoms with Crippen molar-refractivity contribution in [2.24, 2.45) is 0 Å². The lowest BCUT2D eigenvalue weighted by Crippen LogP contribution is -2.64. The summed E-state index contributed by atoms with van der Waals surface area (Å²) in [6.45, 7) is 4.65. The quantitative estimate of drug-likeness (QED) is 0.0217. The summed E-state index contributed by atoms with van der Waals surface area (Å²) in [5.41, 5.74) is 0. The van der Waals surface area contributed by atoms with E-state index < -0.39 is 75.7 Å². The van der Waals surface area contributed by atoms with Crippen LogP contribution in [-0.2, 0) is 32.7 Å². The van der Waals surface area contributed by atoms with Gasteiger partial charge >= 0.3 is 19.8 Å². The molecule has 1 aliphatic rings. The molecule has 1 fully saturated rings. The van der Waals surface area contributed by atoms with Crippen LogP contribution in [0.1, 0.15) is 116 Å². The molecule has 16 heteroatoms. The van der Waals surface area contributed by atoms with Crippen molar-refractivity contribution >= 4 is 51.6 Å². The molecule has 13 nitrogen and oxygen atoms in total. The third-order valence-corrected chi connectivity index (χ3v) is 12.1. The van der Waals surface area contributed by atoms with Gasteiger partial charge in [0.05, 0.1) is 6.61 Å². The molecule has 3 unspecified atom stereocenters. The van der Waals surface area contributed by atoms with Crippen molar-refractivity contribution in [1.29, 1.82) is 0 Å². The maximum absolute atomic E-state index is 12.6. The minimum Gasteiger partial charge on any atom is -0.462 e. The van der Waals surface area contributed by atoms with Crippen LogP contribution in [0.5, 0.6) is 0 Å². The first-order valence-corrected chi connectivity index (χ1v) is 20.5. The molecule has 0 amide bonds. The van der Waals surface area contributed by atoms with E-state index in [0.29, 0.717) is 28.9 Å². The molecule has 0 bridgehead atoms. The molecular formula is C32H58Br2O13P-. The van der Waals surface area contributed by atoms with Gasteiger partial charge in [-0.2, -0.15) is 6.42 Å². The molecule has 0 saturated heterocycles. The molecular weight excluding hydrogens is 783 g/mol. The Hall–Kier alpha value is -0.190. The fourth-order valence-corrected chi connectivity index (χ4v) is 7.34. The summed E-state index contributed by atoms with van der Waals surface area (Å²) >= 11 is 7.64.